The molecule has 0 spiro atoms. The third kappa shape index (κ3) is 3.89. The first-order chi connectivity index (χ1) is 10.5. The van der Waals surface area contributed by atoms with Gasteiger partial charge in [0, 0.05) is 6.26 Å². The third-order valence-electron chi connectivity index (χ3n) is 2.71. The number of hydrogen-bond acceptors (Lipinski definition) is 4. The second-order valence-electron chi connectivity index (χ2n) is 4.54. The van der Waals surface area contributed by atoms with Crippen LogP contribution in [0.3, 0.4) is 0 Å². The van der Waals surface area contributed by atoms with Crippen LogP contribution in [-0.2, 0) is 16.0 Å². The molecule has 0 fully saturated rings. The van der Waals surface area contributed by atoms with Gasteiger partial charge in [-0.05, 0) is 30.3 Å². The largest absolute Gasteiger partial charge is 0.440 e. The monoisotopic (exact) mass is 351 g/mol. The number of carbonyl (C=O) groups is 1. The van der Waals surface area contributed by atoms with Gasteiger partial charge in [-0.1, -0.05) is 0 Å². The van der Waals surface area contributed by atoms with Crippen LogP contribution in [0.4, 0.5) is 23.2 Å². The Bertz CT molecular complexity index is 855. The van der Waals surface area contributed by atoms with Crippen LogP contribution in [0.2, 0.25) is 0 Å². The molecule has 10 heteroatoms. The summed E-state index contributed by atoms with van der Waals surface area (Å²) in [6.45, 7) is 0. The van der Waals surface area contributed by atoms with E-state index >= 15 is 0 Å². The van der Waals surface area contributed by atoms with E-state index in [9.17, 15) is 30.8 Å². The Balaban J connectivity index is 2.28. The summed E-state index contributed by atoms with van der Waals surface area (Å²) in [7, 11) is -3.69. The van der Waals surface area contributed by atoms with Crippen molar-refractivity contribution in [3.63, 3.8) is 0 Å². The standard InChI is InChI=1S/C13H9F4NO4S/c1-23(20,21)11-5-4-10(22-11)12(19)18-9-6-7(13(15,16)17)2-3-8(9)14/h2-6H,1H3,(H,18,19). The number of rotatable bonds is 3. The molecule has 0 aliphatic carbocycles. The molecule has 1 heterocycles. The zero-order valence-corrected chi connectivity index (χ0v) is 12.3. The Labute approximate surface area is 127 Å². The molecule has 0 bridgehead atoms. The molecule has 0 atom stereocenters. The fraction of sp³-hybridized carbons (Fsp3) is 0.154. The molecule has 0 unspecified atom stereocenters. The molecular weight excluding hydrogens is 342 g/mol. The molecule has 124 valence electrons. The molecule has 1 aromatic carbocycles. The normalized spacial score (nSPS) is 12.2. The minimum Gasteiger partial charge on any atom is -0.440 e. The Kier molecular flexibility index (Phi) is 4.20. The van der Waals surface area contributed by atoms with Crippen molar-refractivity contribution in [2.75, 3.05) is 11.6 Å². The summed E-state index contributed by atoms with van der Waals surface area (Å²) >= 11 is 0. The lowest BCUT2D eigenvalue weighted by atomic mass is 10.2. The zero-order chi connectivity index (χ0) is 17.4. The summed E-state index contributed by atoms with van der Waals surface area (Å²) in [5.41, 5.74) is -1.85. The molecule has 5 nitrogen and oxygen atoms in total. The highest BCUT2D eigenvalue weighted by Gasteiger charge is 2.31. The predicted molar refractivity (Wildman–Crippen MR) is 71.2 cm³/mol. The van der Waals surface area contributed by atoms with Crippen molar-refractivity contribution in [1.82, 2.24) is 0 Å². The Hall–Kier alpha value is -2.36. The SMILES string of the molecule is CS(=O)(=O)c1ccc(C(=O)Nc2cc(C(F)(F)F)ccc2F)o1. The number of nitrogens with one attached hydrogen (secondary N) is 1. The van der Waals surface area contributed by atoms with E-state index in [-0.39, 0.29) is 0 Å². The van der Waals surface area contributed by atoms with Crippen LogP contribution in [0.1, 0.15) is 16.1 Å². The molecule has 0 aliphatic rings. The van der Waals surface area contributed by atoms with E-state index in [2.05, 4.69) is 0 Å². The van der Waals surface area contributed by atoms with Gasteiger partial charge in [-0.15, -0.1) is 0 Å². The van der Waals surface area contributed by atoms with Crippen LogP contribution < -0.4 is 5.32 Å². The van der Waals surface area contributed by atoms with E-state index in [1.54, 1.807) is 0 Å². The highest BCUT2D eigenvalue weighted by Crippen LogP contribution is 2.32. The molecule has 2 rings (SSSR count). The number of anilines is 1. The van der Waals surface area contributed by atoms with Gasteiger partial charge in [-0.2, -0.15) is 13.2 Å². The van der Waals surface area contributed by atoms with Crippen LogP contribution in [0.25, 0.3) is 0 Å². The molecular formula is C13H9F4NO4S. The fourth-order valence-corrected chi connectivity index (χ4v) is 2.18. The summed E-state index contributed by atoms with van der Waals surface area (Å²) in [5, 5.41) is 1.41. The quantitative estimate of drug-likeness (QED) is 0.862. The van der Waals surface area contributed by atoms with Crippen molar-refractivity contribution in [3.05, 3.63) is 47.5 Å². The Morgan fingerprint density at radius 1 is 1.17 bits per heavy atom. The lowest BCUT2D eigenvalue weighted by Crippen LogP contribution is -2.14. The summed E-state index contributed by atoms with van der Waals surface area (Å²) < 4.78 is 78.5. The minimum absolute atomic E-state index is 0.424. The number of amides is 1. The van der Waals surface area contributed by atoms with Crippen molar-refractivity contribution in [2.45, 2.75) is 11.3 Å². The first kappa shape index (κ1) is 17.0. The number of benzene rings is 1. The lowest BCUT2D eigenvalue weighted by Gasteiger charge is -2.10. The maximum Gasteiger partial charge on any atom is 0.416 e. The highest BCUT2D eigenvalue weighted by molar-refractivity contribution is 7.90. The molecule has 1 aromatic heterocycles. The van der Waals surface area contributed by atoms with Crippen LogP contribution in [0, 0.1) is 5.82 Å². The average molecular weight is 351 g/mol. The van der Waals surface area contributed by atoms with Gasteiger partial charge in [0.1, 0.15) is 5.82 Å². The van der Waals surface area contributed by atoms with Gasteiger partial charge >= 0.3 is 6.18 Å². The second-order valence-corrected chi connectivity index (χ2v) is 6.48. The van der Waals surface area contributed by atoms with Crippen LogP contribution in [-0.4, -0.2) is 20.6 Å². The average Bonchev–Trinajstić information content (AvgIpc) is 2.89. The van der Waals surface area contributed by atoms with Crippen molar-refractivity contribution in [2.24, 2.45) is 0 Å². The molecule has 23 heavy (non-hydrogen) atoms. The van der Waals surface area contributed by atoms with Gasteiger partial charge in [0.15, 0.2) is 5.76 Å². The van der Waals surface area contributed by atoms with Crippen LogP contribution >= 0.6 is 0 Å². The number of halogens is 4. The smallest absolute Gasteiger partial charge is 0.416 e. The molecule has 2 aromatic rings. The van der Waals surface area contributed by atoms with Crippen molar-refractivity contribution in [3.8, 4) is 0 Å². The third-order valence-corrected chi connectivity index (χ3v) is 3.66. The predicted octanol–water partition coefficient (Wildman–Crippen LogP) is 3.09. The highest BCUT2D eigenvalue weighted by atomic mass is 32.2. The minimum atomic E-state index is -4.71. The van der Waals surface area contributed by atoms with E-state index in [0.29, 0.717) is 18.2 Å². The van der Waals surface area contributed by atoms with E-state index in [1.807, 2.05) is 5.32 Å². The summed E-state index contributed by atoms with van der Waals surface area (Å²) in [6.07, 6.45) is -3.86. The number of alkyl halides is 3. The van der Waals surface area contributed by atoms with Gasteiger partial charge in [-0.25, -0.2) is 12.8 Å². The lowest BCUT2D eigenvalue weighted by molar-refractivity contribution is -0.137. The van der Waals surface area contributed by atoms with E-state index in [0.717, 1.165) is 18.4 Å². The van der Waals surface area contributed by atoms with Gasteiger partial charge in [0.2, 0.25) is 14.9 Å². The van der Waals surface area contributed by atoms with Crippen molar-refractivity contribution < 1.29 is 35.2 Å². The summed E-state index contributed by atoms with van der Waals surface area (Å²) in [6, 6.07) is 3.53. The number of carbonyl (C=O) groups excluding carboxylic acids is 1. The maximum atomic E-state index is 13.5. The molecule has 1 amide bonds. The molecule has 0 aliphatic heterocycles. The molecule has 0 saturated heterocycles. The van der Waals surface area contributed by atoms with E-state index in [1.165, 1.54) is 0 Å². The first-order valence-corrected chi connectivity index (χ1v) is 7.85. The number of furan rings is 1. The first-order valence-electron chi connectivity index (χ1n) is 5.96. The van der Waals surface area contributed by atoms with Gasteiger partial charge < -0.3 is 9.73 Å². The molecule has 1 N–H and O–H groups in total. The maximum absolute atomic E-state index is 13.5. The van der Waals surface area contributed by atoms with Crippen molar-refractivity contribution >= 4 is 21.4 Å². The van der Waals surface area contributed by atoms with Gasteiger partial charge in [-0.3, -0.25) is 4.79 Å². The number of hydrogen-bond donors (Lipinski definition) is 1. The Morgan fingerprint density at radius 3 is 2.35 bits per heavy atom. The second kappa shape index (κ2) is 5.69. The van der Waals surface area contributed by atoms with Crippen LogP contribution in [0.15, 0.2) is 39.8 Å². The van der Waals surface area contributed by atoms with E-state index in [4.69, 9.17) is 4.42 Å². The van der Waals surface area contributed by atoms with Crippen LogP contribution in [0.5, 0.6) is 0 Å². The molecule has 0 radical (unpaired) electrons. The summed E-state index contributed by atoms with van der Waals surface area (Å²) in [4.78, 5) is 11.8. The topological polar surface area (TPSA) is 76.4 Å². The van der Waals surface area contributed by atoms with Crippen molar-refractivity contribution in [1.29, 1.82) is 0 Å². The fourth-order valence-electron chi connectivity index (χ4n) is 1.62. The van der Waals surface area contributed by atoms with Gasteiger partial charge in [0.05, 0.1) is 11.3 Å². The van der Waals surface area contributed by atoms with E-state index < -0.39 is 49.8 Å². The summed E-state index contributed by atoms with van der Waals surface area (Å²) in [5.74, 6) is -2.65. The zero-order valence-electron chi connectivity index (χ0n) is 11.4. The Morgan fingerprint density at radius 2 is 1.83 bits per heavy atom. The number of sulfone groups is 1. The van der Waals surface area contributed by atoms with Gasteiger partial charge in [0.25, 0.3) is 5.91 Å². The molecule has 0 saturated carbocycles.